The van der Waals surface area contributed by atoms with E-state index in [1.165, 1.54) is 0 Å². The van der Waals surface area contributed by atoms with Crippen LogP contribution in [0.4, 0.5) is 5.82 Å². The van der Waals surface area contributed by atoms with Gasteiger partial charge >= 0.3 is 0 Å². The largest absolute Gasteiger partial charge is 0.373 e. The number of nitrogens with zero attached hydrogens (tertiary/aromatic N) is 3. The van der Waals surface area contributed by atoms with Gasteiger partial charge in [0.05, 0.1) is 11.4 Å². The van der Waals surface area contributed by atoms with Crippen molar-refractivity contribution in [2.45, 2.75) is 13.5 Å². The number of anilines is 1. The summed E-state index contributed by atoms with van der Waals surface area (Å²) in [6.07, 6.45) is 1.80. The number of hydrogen-bond acceptors (Lipinski definition) is 3. The Kier molecular flexibility index (Phi) is 2.67. The van der Waals surface area contributed by atoms with Gasteiger partial charge in [-0.05, 0) is 25.1 Å². The predicted molar refractivity (Wildman–Crippen MR) is 60.7 cm³/mol. The Morgan fingerprint density at radius 2 is 2.20 bits per heavy atom. The molecule has 0 aliphatic rings. The van der Waals surface area contributed by atoms with Gasteiger partial charge in [0.15, 0.2) is 0 Å². The number of hydrogen-bond donors (Lipinski definition) is 1. The summed E-state index contributed by atoms with van der Waals surface area (Å²) >= 11 is 0. The first-order valence-electron chi connectivity index (χ1n) is 5.02. The molecule has 0 aromatic carbocycles. The van der Waals surface area contributed by atoms with Crippen molar-refractivity contribution in [2.24, 2.45) is 0 Å². The van der Waals surface area contributed by atoms with E-state index in [-0.39, 0.29) is 0 Å². The molecule has 2 aromatic heterocycles. The van der Waals surface area contributed by atoms with Crippen LogP contribution in [0.3, 0.4) is 0 Å². The summed E-state index contributed by atoms with van der Waals surface area (Å²) in [5, 5.41) is 7.25. The molecule has 0 saturated heterocycles. The molecule has 0 amide bonds. The van der Waals surface area contributed by atoms with Gasteiger partial charge in [0.2, 0.25) is 0 Å². The van der Waals surface area contributed by atoms with Crippen molar-refractivity contribution in [3.8, 4) is 11.4 Å². The highest BCUT2D eigenvalue weighted by Gasteiger charge is 2.05. The fourth-order valence-corrected chi connectivity index (χ4v) is 1.52. The molecule has 2 rings (SSSR count). The van der Waals surface area contributed by atoms with E-state index >= 15 is 0 Å². The van der Waals surface area contributed by atoms with Gasteiger partial charge in [-0.1, -0.05) is 6.07 Å². The quantitative estimate of drug-likeness (QED) is 0.827. The number of aromatic nitrogens is 3. The summed E-state index contributed by atoms with van der Waals surface area (Å²) in [5.74, 6) is 0.872. The third kappa shape index (κ3) is 1.83. The van der Waals surface area contributed by atoms with Crippen LogP contribution in [0.5, 0.6) is 0 Å². The molecule has 0 spiro atoms. The Morgan fingerprint density at radius 1 is 1.33 bits per heavy atom. The summed E-state index contributed by atoms with van der Waals surface area (Å²) in [5.41, 5.74) is 2.00. The maximum atomic E-state index is 4.47. The van der Waals surface area contributed by atoms with Crippen LogP contribution < -0.4 is 5.32 Å². The summed E-state index contributed by atoms with van der Waals surface area (Å²) in [4.78, 5) is 4.47. The summed E-state index contributed by atoms with van der Waals surface area (Å²) in [6, 6.07) is 7.90. The maximum Gasteiger partial charge on any atom is 0.126 e. The second-order valence-electron chi connectivity index (χ2n) is 3.19. The molecule has 0 saturated carbocycles. The molecule has 4 nitrogen and oxygen atoms in total. The van der Waals surface area contributed by atoms with Crippen molar-refractivity contribution in [2.75, 3.05) is 12.4 Å². The Balaban J connectivity index is 2.44. The van der Waals surface area contributed by atoms with Crippen LogP contribution >= 0.6 is 0 Å². The molecule has 0 fully saturated rings. The minimum Gasteiger partial charge on any atom is -0.373 e. The van der Waals surface area contributed by atoms with Crippen LogP contribution in [-0.2, 0) is 6.54 Å². The van der Waals surface area contributed by atoms with Crippen molar-refractivity contribution in [1.29, 1.82) is 0 Å². The zero-order valence-corrected chi connectivity index (χ0v) is 8.94. The van der Waals surface area contributed by atoms with E-state index in [0.717, 1.165) is 23.8 Å². The zero-order valence-electron chi connectivity index (χ0n) is 8.94. The third-order valence-corrected chi connectivity index (χ3v) is 2.28. The minimum absolute atomic E-state index is 0.855. The second-order valence-corrected chi connectivity index (χ2v) is 3.19. The zero-order chi connectivity index (χ0) is 10.7. The standard InChI is InChI=1S/C11H14N4/c1-3-15-10(7-8-13-15)9-5-4-6-11(12-2)14-9/h4-8H,3H2,1-2H3,(H,12,14). The Labute approximate surface area is 89.0 Å². The van der Waals surface area contributed by atoms with Crippen molar-refractivity contribution >= 4 is 5.82 Å². The molecular weight excluding hydrogens is 188 g/mol. The van der Waals surface area contributed by atoms with Crippen molar-refractivity contribution in [3.05, 3.63) is 30.5 Å². The average Bonchev–Trinajstić information content (AvgIpc) is 2.77. The van der Waals surface area contributed by atoms with Crippen LogP contribution in [0, 0.1) is 0 Å². The molecule has 1 N–H and O–H groups in total. The molecule has 78 valence electrons. The number of rotatable bonds is 3. The van der Waals surface area contributed by atoms with Crippen LogP contribution in [0.15, 0.2) is 30.5 Å². The fourth-order valence-electron chi connectivity index (χ4n) is 1.52. The molecular formula is C11H14N4. The van der Waals surface area contributed by atoms with Crippen LogP contribution in [0.2, 0.25) is 0 Å². The summed E-state index contributed by atoms with van der Waals surface area (Å²) in [6.45, 7) is 2.92. The number of nitrogens with one attached hydrogen (secondary N) is 1. The highest BCUT2D eigenvalue weighted by atomic mass is 15.3. The molecule has 2 aromatic rings. The van der Waals surface area contributed by atoms with Crippen molar-refractivity contribution < 1.29 is 0 Å². The van der Waals surface area contributed by atoms with Gasteiger partial charge < -0.3 is 5.32 Å². The van der Waals surface area contributed by atoms with Crippen LogP contribution in [0.1, 0.15) is 6.92 Å². The van der Waals surface area contributed by atoms with Gasteiger partial charge in [-0.3, -0.25) is 4.68 Å². The van der Waals surface area contributed by atoms with E-state index < -0.39 is 0 Å². The molecule has 0 radical (unpaired) electrons. The highest BCUT2D eigenvalue weighted by Crippen LogP contribution is 2.17. The Morgan fingerprint density at radius 3 is 2.93 bits per heavy atom. The van der Waals surface area contributed by atoms with Crippen LogP contribution in [-0.4, -0.2) is 21.8 Å². The first kappa shape index (κ1) is 9.71. The molecule has 15 heavy (non-hydrogen) atoms. The summed E-state index contributed by atoms with van der Waals surface area (Å²) < 4.78 is 1.93. The molecule has 0 unspecified atom stereocenters. The molecule has 4 heteroatoms. The van der Waals surface area contributed by atoms with E-state index in [1.54, 1.807) is 6.20 Å². The molecule has 2 heterocycles. The highest BCUT2D eigenvalue weighted by molar-refractivity contribution is 5.57. The van der Waals surface area contributed by atoms with Crippen molar-refractivity contribution in [1.82, 2.24) is 14.8 Å². The topological polar surface area (TPSA) is 42.7 Å². The van der Waals surface area contributed by atoms with Gasteiger partial charge in [-0.25, -0.2) is 4.98 Å². The van der Waals surface area contributed by atoms with E-state index in [4.69, 9.17) is 0 Å². The smallest absolute Gasteiger partial charge is 0.126 e. The molecule has 0 aliphatic carbocycles. The first-order chi connectivity index (χ1) is 7.35. The SMILES string of the molecule is CCn1nccc1-c1cccc(NC)n1. The maximum absolute atomic E-state index is 4.47. The lowest BCUT2D eigenvalue weighted by Gasteiger charge is -2.05. The lowest BCUT2D eigenvalue weighted by molar-refractivity contribution is 0.666. The molecule has 0 aliphatic heterocycles. The van der Waals surface area contributed by atoms with Gasteiger partial charge in [-0.2, -0.15) is 5.10 Å². The van der Waals surface area contributed by atoms with Crippen LogP contribution in [0.25, 0.3) is 11.4 Å². The normalized spacial score (nSPS) is 10.3. The van der Waals surface area contributed by atoms with Gasteiger partial charge in [0, 0.05) is 19.8 Å². The van der Waals surface area contributed by atoms with E-state index in [0.29, 0.717) is 0 Å². The third-order valence-electron chi connectivity index (χ3n) is 2.28. The summed E-state index contributed by atoms with van der Waals surface area (Å²) in [7, 11) is 1.86. The lowest BCUT2D eigenvalue weighted by atomic mass is 10.2. The average molecular weight is 202 g/mol. The second kappa shape index (κ2) is 4.13. The van der Waals surface area contributed by atoms with E-state index in [9.17, 15) is 0 Å². The number of pyridine rings is 1. The lowest BCUT2D eigenvalue weighted by Crippen LogP contribution is -2.01. The minimum atomic E-state index is 0.855. The van der Waals surface area contributed by atoms with Gasteiger partial charge in [0.25, 0.3) is 0 Å². The molecule has 0 atom stereocenters. The monoisotopic (exact) mass is 202 g/mol. The van der Waals surface area contributed by atoms with E-state index in [1.807, 2.05) is 36.0 Å². The van der Waals surface area contributed by atoms with Crippen molar-refractivity contribution in [3.63, 3.8) is 0 Å². The fraction of sp³-hybridized carbons (Fsp3) is 0.273. The first-order valence-corrected chi connectivity index (χ1v) is 5.02. The Bertz CT molecular complexity index is 447. The number of aryl methyl sites for hydroxylation is 1. The molecule has 0 bridgehead atoms. The Hall–Kier alpha value is -1.84. The van der Waals surface area contributed by atoms with E-state index in [2.05, 4.69) is 22.3 Å². The van der Waals surface area contributed by atoms with Gasteiger partial charge in [0.1, 0.15) is 5.82 Å². The predicted octanol–water partition coefficient (Wildman–Crippen LogP) is 2.01. The van der Waals surface area contributed by atoms with Gasteiger partial charge in [-0.15, -0.1) is 0 Å².